The van der Waals surface area contributed by atoms with E-state index in [0.717, 1.165) is 15.7 Å². The molecule has 5 heteroatoms. The maximum Gasteiger partial charge on any atom is 0.335 e. The van der Waals surface area contributed by atoms with Gasteiger partial charge in [0.1, 0.15) is 0 Å². The molecule has 1 saturated heterocycles. The minimum atomic E-state index is -1.42. The molecule has 0 radical (unpaired) electrons. The largest absolute Gasteiger partial charge is 0.335 e. The number of rotatable bonds is 3. The summed E-state index contributed by atoms with van der Waals surface area (Å²) in [5.41, 5.74) is 0.115. The molecule has 1 heterocycles. The molecule has 156 valence electrons. The van der Waals surface area contributed by atoms with E-state index in [2.05, 4.69) is 0 Å². The van der Waals surface area contributed by atoms with Crippen molar-refractivity contribution in [2.75, 3.05) is 7.05 Å². The summed E-state index contributed by atoms with van der Waals surface area (Å²) in [5.74, 6) is -1.22. The molecule has 32 heavy (non-hydrogen) atoms. The molecule has 5 rings (SSSR count). The van der Waals surface area contributed by atoms with Crippen LogP contribution in [-0.2, 0) is 10.3 Å². The summed E-state index contributed by atoms with van der Waals surface area (Å²) in [6, 6.07) is 30.4. The van der Waals surface area contributed by atoms with Crippen LogP contribution in [0.1, 0.15) is 21.5 Å². The highest BCUT2D eigenvalue weighted by molar-refractivity contribution is 6.23. The fourth-order valence-corrected chi connectivity index (χ4v) is 4.48. The summed E-state index contributed by atoms with van der Waals surface area (Å²) >= 11 is 0. The highest BCUT2D eigenvalue weighted by Crippen LogP contribution is 2.42. The average molecular weight is 420 g/mol. The van der Waals surface area contributed by atoms with Crippen LogP contribution in [0.15, 0.2) is 103 Å². The molecular formula is C27H20N2O3. The van der Waals surface area contributed by atoms with E-state index in [1.165, 1.54) is 4.90 Å². The van der Waals surface area contributed by atoms with Crippen LogP contribution >= 0.6 is 0 Å². The third-order valence-corrected chi connectivity index (χ3v) is 6.08. The van der Waals surface area contributed by atoms with E-state index in [1.807, 2.05) is 66.7 Å². The van der Waals surface area contributed by atoms with E-state index >= 15 is 0 Å². The number of likely N-dealkylation sites (N-methyl/N-ethyl adjacent to an activating group) is 1. The lowest BCUT2D eigenvalue weighted by Crippen LogP contribution is -2.46. The predicted molar refractivity (Wildman–Crippen MR) is 122 cm³/mol. The number of fused-ring (bicyclic) bond motifs is 1. The van der Waals surface area contributed by atoms with E-state index in [-0.39, 0.29) is 5.56 Å². The Labute approximate surface area is 185 Å². The fraction of sp³-hybridized carbons (Fsp3) is 0.0741. The second-order valence-electron chi connectivity index (χ2n) is 7.79. The minimum Gasteiger partial charge on any atom is -0.304 e. The van der Waals surface area contributed by atoms with Gasteiger partial charge in [-0.1, -0.05) is 91.0 Å². The zero-order valence-corrected chi connectivity index (χ0v) is 17.4. The number of carbonyl (C=O) groups excluding carboxylic acids is 3. The van der Waals surface area contributed by atoms with Crippen molar-refractivity contribution in [3.8, 4) is 0 Å². The highest BCUT2D eigenvalue weighted by atomic mass is 16.2. The Morgan fingerprint density at radius 3 is 1.81 bits per heavy atom. The molecule has 4 amide bonds. The van der Waals surface area contributed by atoms with Crippen LogP contribution in [0.2, 0.25) is 0 Å². The lowest BCUT2D eigenvalue weighted by molar-refractivity contribution is -0.130. The second-order valence-corrected chi connectivity index (χ2v) is 7.79. The smallest absolute Gasteiger partial charge is 0.304 e. The monoisotopic (exact) mass is 420 g/mol. The third kappa shape index (κ3) is 2.75. The number of urea groups is 1. The summed E-state index contributed by atoms with van der Waals surface area (Å²) in [4.78, 5) is 42.9. The first-order valence-corrected chi connectivity index (χ1v) is 10.3. The maximum atomic E-state index is 14.0. The molecule has 5 nitrogen and oxygen atoms in total. The van der Waals surface area contributed by atoms with Crippen molar-refractivity contribution in [3.63, 3.8) is 0 Å². The van der Waals surface area contributed by atoms with Gasteiger partial charge in [0.15, 0.2) is 5.54 Å². The van der Waals surface area contributed by atoms with Gasteiger partial charge in [0.25, 0.3) is 11.8 Å². The topological polar surface area (TPSA) is 57.7 Å². The molecule has 0 bridgehead atoms. The van der Waals surface area contributed by atoms with Gasteiger partial charge in [0.2, 0.25) is 0 Å². The van der Waals surface area contributed by atoms with Gasteiger partial charge in [-0.25, -0.2) is 4.79 Å². The van der Waals surface area contributed by atoms with Gasteiger partial charge in [-0.3, -0.25) is 9.59 Å². The predicted octanol–water partition coefficient (Wildman–Crippen LogP) is 4.82. The lowest BCUT2D eigenvalue weighted by atomic mass is 9.81. The summed E-state index contributed by atoms with van der Waals surface area (Å²) in [6.07, 6.45) is 0. The Morgan fingerprint density at radius 2 is 1.22 bits per heavy atom. The minimum absolute atomic E-state index is 0.288. The normalized spacial score (nSPS) is 15.4. The first-order valence-electron chi connectivity index (χ1n) is 10.3. The van der Waals surface area contributed by atoms with Crippen LogP contribution in [0.25, 0.3) is 10.8 Å². The molecule has 4 aromatic carbocycles. The second kappa shape index (κ2) is 7.46. The molecule has 0 spiro atoms. The Balaban J connectivity index is 1.66. The standard InChI is InChI=1S/C27H20N2O3/c1-28-26(32)29(24(30)21-17-16-19-10-8-9-11-20(19)18-21)25(31)27(28,22-12-4-2-5-13-22)23-14-6-3-7-15-23/h2-18H,1H3. The maximum absolute atomic E-state index is 14.0. The molecular weight excluding hydrogens is 400 g/mol. The zero-order chi connectivity index (χ0) is 22.3. The molecule has 0 aliphatic carbocycles. The Morgan fingerprint density at radius 1 is 0.688 bits per heavy atom. The van der Waals surface area contributed by atoms with Gasteiger partial charge in [0, 0.05) is 12.6 Å². The number of hydrogen-bond acceptors (Lipinski definition) is 3. The first kappa shape index (κ1) is 19.7. The van der Waals surface area contributed by atoms with Crippen LogP contribution < -0.4 is 0 Å². The van der Waals surface area contributed by atoms with E-state index < -0.39 is 23.4 Å². The number of benzene rings is 4. The molecule has 1 aliphatic rings. The molecule has 0 saturated carbocycles. The molecule has 0 unspecified atom stereocenters. The van der Waals surface area contributed by atoms with Gasteiger partial charge in [-0.2, -0.15) is 4.90 Å². The highest BCUT2D eigenvalue weighted by Gasteiger charge is 2.59. The fourth-order valence-electron chi connectivity index (χ4n) is 4.48. The van der Waals surface area contributed by atoms with Gasteiger partial charge in [-0.15, -0.1) is 0 Å². The van der Waals surface area contributed by atoms with Gasteiger partial charge in [-0.05, 0) is 34.0 Å². The SMILES string of the molecule is CN1C(=O)N(C(=O)c2ccc3ccccc3c2)C(=O)C1(c1ccccc1)c1ccccc1. The molecule has 0 aromatic heterocycles. The van der Waals surface area contributed by atoms with E-state index in [0.29, 0.717) is 11.1 Å². The van der Waals surface area contributed by atoms with Crippen LogP contribution in [0, 0.1) is 0 Å². The molecule has 0 atom stereocenters. The summed E-state index contributed by atoms with van der Waals surface area (Å²) < 4.78 is 0. The van der Waals surface area contributed by atoms with Gasteiger partial charge < -0.3 is 4.90 Å². The first-order chi connectivity index (χ1) is 15.5. The average Bonchev–Trinajstić information content (AvgIpc) is 3.05. The Hall–Kier alpha value is -4.25. The van der Waals surface area contributed by atoms with Crippen molar-refractivity contribution in [3.05, 3.63) is 120 Å². The van der Waals surface area contributed by atoms with Crippen molar-refractivity contribution in [1.29, 1.82) is 0 Å². The summed E-state index contributed by atoms with van der Waals surface area (Å²) in [6.45, 7) is 0. The van der Waals surface area contributed by atoms with Crippen molar-refractivity contribution < 1.29 is 14.4 Å². The van der Waals surface area contributed by atoms with Crippen molar-refractivity contribution in [2.24, 2.45) is 0 Å². The number of imide groups is 3. The lowest BCUT2D eigenvalue weighted by Gasteiger charge is -2.33. The summed E-state index contributed by atoms with van der Waals surface area (Å²) in [7, 11) is 1.56. The quantitative estimate of drug-likeness (QED) is 0.353. The molecule has 0 N–H and O–H groups in total. The van der Waals surface area contributed by atoms with E-state index in [1.54, 1.807) is 43.4 Å². The van der Waals surface area contributed by atoms with Crippen LogP contribution in [-0.4, -0.2) is 34.7 Å². The summed E-state index contributed by atoms with van der Waals surface area (Å²) in [5, 5.41) is 1.84. The zero-order valence-electron chi connectivity index (χ0n) is 17.4. The van der Waals surface area contributed by atoms with Crippen molar-refractivity contribution in [2.45, 2.75) is 5.54 Å². The number of hydrogen-bond donors (Lipinski definition) is 0. The van der Waals surface area contributed by atoms with Crippen molar-refractivity contribution >= 4 is 28.6 Å². The van der Waals surface area contributed by atoms with E-state index in [4.69, 9.17) is 0 Å². The number of amides is 4. The van der Waals surface area contributed by atoms with E-state index in [9.17, 15) is 14.4 Å². The Kier molecular flexibility index (Phi) is 4.59. The molecule has 4 aromatic rings. The van der Waals surface area contributed by atoms with Crippen LogP contribution in [0.4, 0.5) is 4.79 Å². The number of carbonyl (C=O) groups is 3. The van der Waals surface area contributed by atoms with Crippen LogP contribution in [0.3, 0.4) is 0 Å². The molecule has 1 aliphatic heterocycles. The molecule has 1 fully saturated rings. The number of nitrogens with zero attached hydrogens (tertiary/aromatic N) is 2. The van der Waals surface area contributed by atoms with Gasteiger partial charge >= 0.3 is 6.03 Å². The van der Waals surface area contributed by atoms with Gasteiger partial charge in [0.05, 0.1) is 0 Å². The van der Waals surface area contributed by atoms with Crippen molar-refractivity contribution in [1.82, 2.24) is 9.80 Å². The third-order valence-electron chi connectivity index (χ3n) is 6.08. The Bertz CT molecular complexity index is 1310. The van der Waals surface area contributed by atoms with Crippen LogP contribution in [0.5, 0.6) is 0 Å².